The smallest absolute Gasteiger partial charge is 0.328 e. The van der Waals surface area contributed by atoms with E-state index in [0.717, 1.165) is 125 Å². The van der Waals surface area contributed by atoms with Gasteiger partial charge in [-0.15, -0.1) is 0 Å². The molecule has 0 aliphatic heterocycles. The number of nitrogens with one attached hydrogen (secondary N) is 4. The molecule has 0 unspecified atom stereocenters. The molecular weight excluding hydrogens is 1410 g/mol. The largest absolute Gasteiger partial charge is 0.480 e. The highest BCUT2D eigenvalue weighted by Gasteiger charge is 2.35. The fraction of sp³-hybridized carbons (Fsp3) is 0.604. The molecule has 0 heterocycles. The lowest BCUT2D eigenvalue weighted by Crippen LogP contribution is -2.47. The molecule has 0 aromatic heterocycles. The molecule has 4 aromatic rings. The highest BCUT2D eigenvalue weighted by atomic mass is 16.6. The summed E-state index contributed by atoms with van der Waals surface area (Å²) in [5.41, 5.74) is 6.19. The summed E-state index contributed by atoms with van der Waals surface area (Å²) in [5, 5.41) is 20.6. The third-order valence-electron chi connectivity index (χ3n) is 19.6. The number of aliphatic carboxylic acids is 1. The van der Waals surface area contributed by atoms with Crippen LogP contribution in [-0.2, 0) is 75.0 Å². The van der Waals surface area contributed by atoms with E-state index < -0.39 is 118 Å². The molecule has 8 atom stereocenters. The Labute approximate surface area is 662 Å². The van der Waals surface area contributed by atoms with E-state index in [9.17, 15) is 62.6 Å². The molecule has 5 N–H and O–H groups in total. The van der Waals surface area contributed by atoms with Gasteiger partial charge in [-0.05, 0) is 139 Å². The number of unbranched alkanes of at least 4 members (excludes halogenated alkanes) is 10. The Bertz CT molecular complexity index is 3540. The fourth-order valence-electron chi connectivity index (χ4n) is 12.9. The number of rotatable bonds is 52. The maximum atomic E-state index is 14.0. The number of aryl methyl sites for hydroxylation is 2. The Balaban J connectivity index is 0.000000575. The maximum Gasteiger partial charge on any atom is 0.328 e. The number of benzene rings is 4. The maximum absolute atomic E-state index is 14.0. The lowest BCUT2D eigenvalue weighted by molar-refractivity contribution is -0.156. The number of methoxy groups -OCH3 is 1. The van der Waals surface area contributed by atoms with Crippen molar-refractivity contribution in [1.82, 2.24) is 21.3 Å². The predicted molar refractivity (Wildman–Crippen MR) is 438 cm³/mol. The topological polar surface area (TPSA) is 301 Å². The number of Topliss-reactive ketones (excluding diaryl/α,β-unsaturated/α-hetero) is 4. The minimum absolute atomic E-state index is 0.0354. The first kappa shape index (κ1) is 96.5. The van der Waals surface area contributed by atoms with Gasteiger partial charge in [-0.3, -0.25) is 47.9 Å². The monoisotopic (exact) mass is 1540 g/mol. The number of hydrogen-bond acceptors (Lipinski definition) is 15. The summed E-state index contributed by atoms with van der Waals surface area (Å²) in [7, 11) is 1.26. The molecule has 0 saturated heterocycles. The summed E-state index contributed by atoms with van der Waals surface area (Å²) >= 11 is 0. The molecule has 0 fully saturated rings. The van der Waals surface area contributed by atoms with Crippen LogP contribution in [0.3, 0.4) is 0 Å². The second-order valence-corrected chi connectivity index (χ2v) is 31.9. The standard InChI is InChI=1S/C46H68N2O8.C45H66N2O8/c1-9-12-15-18-37(31-40(49)36-26-24-35(25-27-36)34-22-20-33(21-23-34)17-14-11-3)44(53)47-38(28-29-42(51)56-46(5,6)7)41(50)30-32(4)43(52)48-39(45(54)55-8)19-16-13-10-2;1-8-11-14-17-36(30-39(48)35-25-23-34(24-26-35)33-21-19-32(20-22-33)16-13-10-3)43(52)46-37(27-28-41(50)55-45(5,6)7)40(49)29-31(4)42(51)47-38(44(53)54)18-15-12-9-2/h20-27,32,37-39H,9-19,28-31H2,1-8H3,(H,47,53)(H,48,52);19-26,31,36-38H,8-18,27-30H2,1-7H3,(H,46,52)(H,47,51)(H,53,54)/t32-,37-,38+,39+;31-,36-,37+,38+/m11/s1. The van der Waals surface area contributed by atoms with Gasteiger partial charge in [-0.25, -0.2) is 9.59 Å². The highest BCUT2D eigenvalue weighted by molar-refractivity contribution is 6.01. The van der Waals surface area contributed by atoms with Gasteiger partial charge in [-0.1, -0.05) is 242 Å². The van der Waals surface area contributed by atoms with Crippen LogP contribution in [0.2, 0.25) is 0 Å². The molecule has 20 heteroatoms. The van der Waals surface area contributed by atoms with Crippen LogP contribution in [0.25, 0.3) is 22.3 Å². The van der Waals surface area contributed by atoms with E-state index in [1.165, 1.54) is 25.2 Å². The SMILES string of the molecule is CCCCC[C@H](CC(=O)c1ccc(-c2ccc(CCCC)cc2)cc1)C(=O)N[C@@H](CCC(=O)OC(C)(C)C)C(=O)C[C@@H](C)C(=O)N[C@@H](CCCCC)C(=O)O.CCCCC[C@H](CC(=O)c1ccc(-c2ccc(CCCC)cc2)cc1)C(=O)N[C@@H](CCC(=O)OC(C)(C)C)C(=O)C[C@@H](C)C(=O)N[C@@H](CCCCC)C(=O)OC. The van der Waals surface area contributed by atoms with Crippen LogP contribution in [-0.4, -0.2) is 118 Å². The first-order valence-electron chi connectivity index (χ1n) is 41.2. The molecule has 614 valence electrons. The van der Waals surface area contributed by atoms with Gasteiger partial charge in [0.1, 0.15) is 23.3 Å². The van der Waals surface area contributed by atoms with Crippen LogP contribution in [0.1, 0.15) is 309 Å². The average molecular weight is 1540 g/mol. The van der Waals surface area contributed by atoms with E-state index in [1.54, 1.807) is 72.7 Å². The number of carbonyl (C=O) groups is 12. The average Bonchev–Trinajstić information content (AvgIpc) is 0.847. The number of esters is 3. The Morgan fingerprint density at radius 3 is 0.964 bits per heavy atom. The third kappa shape index (κ3) is 38.4. The zero-order valence-electron chi connectivity index (χ0n) is 69.6. The Morgan fingerprint density at radius 2 is 0.658 bits per heavy atom. The zero-order valence-corrected chi connectivity index (χ0v) is 69.6. The number of amides is 4. The van der Waals surface area contributed by atoms with Crippen LogP contribution in [0.5, 0.6) is 0 Å². The van der Waals surface area contributed by atoms with Gasteiger partial charge in [0.15, 0.2) is 23.1 Å². The van der Waals surface area contributed by atoms with E-state index in [0.29, 0.717) is 43.2 Å². The lowest BCUT2D eigenvalue weighted by atomic mass is 9.90. The minimum atomic E-state index is -1.14. The van der Waals surface area contributed by atoms with Crippen LogP contribution < -0.4 is 21.3 Å². The molecule has 0 aliphatic rings. The molecule has 0 spiro atoms. The molecule has 20 nitrogen and oxygen atoms in total. The second-order valence-electron chi connectivity index (χ2n) is 31.9. The van der Waals surface area contributed by atoms with Crippen LogP contribution in [0.4, 0.5) is 0 Å². The van der Waals surface area contributed by atoms with Gasteiger partial charge in [-0.2, -0.15) is 0 Å². The first-order valence-corrected chi connectivity index (χ1v) is 41.2. The van der Waals surface area contributed by atoms with Gasteiger partial charge in [0, 0.05) is 73.3 Å². The Hall–Kier alpha value is -8.68. The Kier molecular flexibility index (Phi) is 45.0. The number of hydrogen-bond donors (Lipinski definition) is 5. The highest BCUT2D eigenvalue weighted by Crippen LogP contribution is 2.28. The van der Waals surface area contributed by atoms with E-state index in [-0.39, 0.29) is 69.4 Å². The van der Waals surface area contributed by atoms with E-state index >= 15 is 0 Å². The second kappa shape index (κ2) is 51.8. The van der Waals surface area contributed by atoms with Gasteiger partial charge >= 0.3 is 23.9 Å². The van der Waals surface area contributed by atoms with Crippen molar-refractivity contribution in [1.29, 1.82) is 0 Å². The van der Waals surface area contributed by atoms with E-state index in [4.69, 9.17) is 14.2 Å². The summed E-state index contributed by atoms with van der Waals surface area (Å²) in [6, 6.07) is 27.6. The van der Waals surface area contributed by atoms with Crippen LogP contribution in [0, 0.1) is 23.7 Å². The van der Waals surface area contributed by atoms with Crippen molar-refractivity contribution >= 4 is 70.6 Å². The number of ketones is 4. The van der Waals surface area contributed by atoms with Gasteiger partial charge < -0.3 is 40.6 Å². The molecule has 4 aromatic carbocycles. The van der Waals surface area contributed by atoms with Crippen molar-refractivity contribution in [2.45, 2.75) is 325 Å². The first-order chi connectivity index (χ1) is 52.7. The van der Waals surface area contributed by atoms with Crippen LogP contribution >= 0.6 is 0 Å². The van der Waals surface area contributed by atoms with Crippen molar-refractivity contribution in [3.63, 3.8) is 0 Å². The molecular formula is C91H134N4O16. The molecule has 4 rings (SSSR count). The van der Waals surface area contributed by atoms with Crippen molar-refractivity contribution in [3.8, 4) is 22.3 Å². The van der Waals surface area contributed by atoms with E-state index in [2.05, 4.69) is 90.6 Å². The van der Waals surface area contributed by atoms with Crippen molar-refractivity contribution < 1.29 is 76.9 Å². The summed E-state index contributed by atoms with van der Waals surface area (Å²) < 4.78 is 15.8. The third-order valence-corrected chi connectivity index (χ3v) is 19.6. The lowest BCUT2D eigenvalue weighted by Gasteiger charge is -2.24. The summed E-state index contributed by atoms with van der Waals surface area (Å²) in [5.74, 6) is -9.12. The molecule has 0 radical (unpaired) electrons. The predicted octanol–water partition coefficient (Wildman–Crippen LogP) is 17.7. The molecule has 0 aliphatic carbocycles. The summed E-state index contributed by atoms with van der Waals surface area (Å²) in [6.45, 7) is 26.1. The normalized spacial score (nSPS) is 13.5. The van der Waals surface area contributed by atoms with Crippen LogP contribution in [0.15, 0.2) is 97.1 Å². The summed E-state index contributed by atoms with van der Waals surface area (Å²) in [6.07, 6.45) is 17.2. The quantitative estimate of drug-likeness (QED) is 0.0119. The zero-order chi connectivity index (χ0) is 82.6. The number of carbonyl (C=O) groups excluding carboxylic acids is 11. The van der Waals surface area contributed by atoms with Gasteiger partial charge in [0.2, 0.25) is 23.6 Å². The van der Waals surface area contributed by atoms with Crippen molar-refractivity contribution in [2.24, 2.45) is 23.7 Å². The van der Waals surface area contributed by atoms with Gasteiger partial charge in [0.05, 0.1) is 19.2 Å². The molecule has 0 saturated carbocycles. The number of carboxylic acids is 1. The number of ether oxygens (including phenoxy) is 3. The summed E-state index contributed by atoms with van der Waals surface area (Å²) in [4.78, 5) is 158. The van der Waals surface area contributed by atoms with Crippen molar-refractivity contribution in [3.05, 3.63) is 119 Å². The molecule has 4 amide bonds. The van der Waals surface area contributed by atoms with Crippen molar-refractivity contribution in [2.75, 3.05) is 7.11 Å². The minimum Gasteiger partial charge on any atom is -0.480 e. The Morgan fingerprint density at radius 1 is 0.360 bits per heavy atom. The van der Waals surface area contributed by atoms with E-state index in [1.807, 2.05) is 45.0 Å². The van der Waals surface area contributed by atoms with Gasteiger partial charge in [0.25, 0.3) is 0 Å². The fourth-order valence-corrected chi connectivity index (χ4v) is 12.9. The molecule has 111 heavy (non-hydrogen) atoms. The number of carboxylic acid groups (broad SMARTS) is 1. The molecule has 0 bridgehead atoms.